The van der Waals surface area contributed by atoms with E-state index in [0.29, 0.717) is 5.02 Å². The van der Waals surface area contributed by atoms with Crippen LogP contribution in [0.4, 0.5) is 0 Å². The van der Waals surface area contributed by atoms with Gasteiger partial charge in [-0.15, -0.1) is 0 Å². The van der Waals surface area contributed by atoms with Gasteiger partial charge in [-0.1, -0.05) is 51.1 Å². The van der Waals surface area contributed by atoms with Gasteiger partial charge in [0.1, 0.15) is 0 Å². The molecule has 0 radical (unpaired) electrons. The first-order valence-electron chi connectivity index (χ1n) is 6.91. The maximum absolute atomic E-state index is 6.22. The average Bonchev–Trinajstić information content (AvgIpc) is 2.72. The molecule has 0 saturated carbocycles. The molecule has 0 aliphatic rings. The van der Waals surface area contributed by atoms with Crippen molar-refractivity contribution in [2.24, 2.45) is 5.84 Å². The summed E-state index contributed by atoms with van der Waals surface area (Å²) in [5.41, 5.74) is 3.90. The fraction of sp³-hybridized carbons (Fsp3) is 0.769. The summed E-state index contributed by atoms with van der Waals surface area (Å²) in [5.74, 6) is 5.66. The monoisotopic (exact) mass is 272 g/mol. The van der Waals surface area contributed by atoms with Gasteiger partial charge in [-0.05, 0) is 12.8 Å². The van der Waals surface area contributed by atoms with Crippen LogP contribution in [0.5, 0.6) is 0 Å². The topological polar surface area (TPSA) is 55.9 Å². The van der Waals surface area contributed by atoms with Gasteiger partial charge in [-0.25, -0.2) is 0 Å². The van der Waals surface area contributed by atoms with Crippen molar-refractivity contribution in [3.05, 3.63) is 16.9 Å². The van der Waals surface area contributed by atoms with E-state index in [1.54, 1.807) is 6.20 Å². The van der Waals surface area contributed by atoms with Crippen LogP contribution < -0.4 is 11.3 Å². The number of aromatic nitrogens is 2. The Morgan fingerprint density at radius 2 is 2.11 bits per heavy atom. The SMILES string of the molecule is CCCCCCC(NN)c1c(Cl)cnn1CCC. The number of hydrogen-bond donors (Lipinski definition) is 2. The van der Waals surface area contributed by atoms with Crippen molar-refractivity contribution >= 4 is 11.6 Å². The highest BCUT2D eigenvalue weighted by Gasteiger charge is 2.18. The van der Waals surface area contributed by atoms with Gasteiger partial charge in [-0.2, -0.15) is 5.10 Å². The highest BCUT2D eigenvalue weighted by molar-refractivity contribution is 6.31. The van der Waals surface area contributed by atoms with E-state index >= 15 is 0 Å². The average molecular weight is 273 g/mol. The van der Waals surface area contributed by atoms with Crippen LogP contribution in [0.2, 0.25) is 5.02 Å². The van der Waals surface area contributed by atoms with Gasteiger partial charge in [0, 0.05) is 6.54 Å². The second-order valence-electron chi connectivity index (χ2n) is 4.67. The van der Waals surface area contributed by atoms with E-state index in [1.165, 1.54) is 19.3 Å². The van der Waals surface area contributed by atoms with Gasteiger partial charge in [-0.3, -0.25) is 16.0 Å². The zero-order chi connectivity index (χ0) is 13.4. The fourth-order valence-electron chi connectivity index (χ4n) is 2.18. The number of nitrogens with zero attached hydrogens (tertiary/aromatic N) is 2. The normalized spacial score (nSPS) is 12.9. The lowest BCUT2D eigenvalue weighted by Gasteiger charge is -2.18. The van der Waals surface area contributed by atoms with Gasteiger partial charge < -0.3 is 0 Å². The van der Waals surface area contributed by atoms with E-state index in [0.717, 1.165) is 31.5 Å². The molecule has 3 N–H and O–H groups in total. The molecule has 0 aliphatic carbocycles. The molecule has 0 aromatic carbocycles. The number of halogens is 1. The number of nitrogens with one attached hydrogen (secondary N) is 1. The predicted octanol–water partition coefficient (Wildman–Crippen LogP) is 3.42. The lowest BCUT2D eigenvalue weighted by Crippen LogP contribution is -2.30. The minimum atomic E-state index is 0.100. The van der Waals surface area contributed by atoms with E-state index in [4.69, 9.17) is 17.4 Å². The van der Waals surface area contributed by atoms with Crippen molar-refractivity contribution in [1.29, 1.82) is 0 Å². The molecule has 0 bridgehead atoms. The second-order valence-corrected chi connectivity index (χ2v) is 5.08. The third-order valence-corrected chi connectivity index (χ3v) is 3.44. The Kier molecular flexibility index (Phi) is 7.32. The van der Waals surface area contributed by atoms with E-state index in [9.17, 15) is 0 Å². The Hall–Kier alpha value is -0.580. The molecule has 1 rings (SSSR count). The van der Waals surface area contributed by atoms with Crippen LogP contribution in [0.25, 0.3) is 0 Å². The molecule has 5 heteroatoms. The quantitative estimate of drug-likeness (QED) is 0.411. The first-order valence-corrected chi connectivity index (χ1v) is 7.29. The van der Waals surface area contributed by atoms with Crippen molar-refractivity contribution in [2.45, 2.75) is 65.0 Å². The van der Waals surface area contributed by atoms with Crippen LogP contribution in [0.15, 0.2) is 6.20 Å². The maximum atomic E-state index is 6.22. The van der Waals surface area contributed by atoms with Crippen LogP contribution in [-0.2, 0) is 6.54 Å². The summed E-state index contributed by atoms with van der Waals surface area (Å²) in [6, 6.07) is 0.100. The molecule has 1 heterocycles. The Morgan fingerprint density at radius 3 is 2.72 bits per heavy atom. The molecule has 0 saturated heterocycles. The molecule has 1 atom stereocenters. The summed E-state index contributed by atoms with van der Waals surface area (Å²) in [4.78, 5) is 0. The van der Waals surface area contributed by atoms with Crippen LogP contribution in [0.3, 0.4) is 0 Å². The highest BCUT2D eigenvalue weighted by atomic mass is 35.5. The smallest absolute Gasteiger partial charge is 0.0834 e. The third-order valence-electron chi connectivity index (χ3n) is 3.15. The highest BCUT2D eigenvalue weighted by Crippen LogP contribution is 2.26. The summed E-state index contributed by atoms with van der Waals surface area (Å²) < 4.78 is 1.96. The summed E-state index contributed by atoms with van der Waals surface area (Å²) in [6.45, 7) is 5.23. The molecule has 18 heavy (non-hydrogen) atoms. The van der Waals surface area contributed by atoms with Gasteiger partial charge >= 0.3 is 0 Å². The van der Waals surface area contributed by atoms with Crippen LogP contribution in [0.1, 0.15) is 64.1 Å². The summed E-state index contributed by atoms with van der Waals surface area (Å²) >= 11 is 6.22. The third kappa shape index (κ3) is 4.26. The summed E-state index contributed by atoms with van der Waals surface area (Å²) in [7, 11) is 0. The van der Waals surface area contributed by atoms with Gasteiger partial charge in [0.05, 0.1) is 23.0 Å². The van der Waals surface area contributed by atoms with Crippen LogP contribution >= 0.6 is 11.6 Å². The molecule has 1 aromatic rings. The van der Waals surface area contributed by atoms with E-state index < -0.39 is 0 Å². The number of unbranched alkanes of at least 4 members (excludes halogenated alkanes) is 3. The first kappa shape index (κ1) is 15.5. The number of nitrogens with two attached hydrogens (primary N) is 1. The first-order chi connectivity index (χ1) is 8.74. The molecule has 0 aliphatic heterocycles. The minimum Gasteiger partial charge on any atom is -0.271 e. The predicted molar refractivity (Wildman–Crippen MR) is 76.4 cm³/mol. The van der Waals surface area contributed by atoms with Crippen LogP contribution in [0, 0.1) is 0 Å². The molecule has 104 valence electrons. The lowest BCUT2D eigenvalue weighted by molar-refractivity contribution is 0.439. The Morgan fingerprint density at radius 1 is 1.33 bits per heavy atom. The maximum Gasteiger partial charge on any atom is 0.0834 e. The lowest BCUT2D eigenvalue weighted by atomic mass is 10.0. The zero-order valence-electron chi connectivity index (χ0n) is 11.5. The van der Waals surface area contributed by atoms with Gasteiger partial charge in [0.15, 0.2) is 0 Å². The second kappa shape index (κ2) is 8.51. The molecule has 1 aromatic heterocycles. The summed E-state index contributed by atoms with van der Waals surface area (Å²) in [5, 5.41) is 5.02. The zero-order valence-corrected chi connectivity index (χ0v) is 12.2. The molecule has 1 unspecified atom stereocenters. The number of aryl methyl sites for hydroxylation is 1. The van der Waals surface area contributed by atoms with Crippen molar-refractivity contribution in [1.82, 2.24) is 15.2 Å². The Bertz CT molecular complexity index is 338. The molecule has 4 nitrogen and oxygen atoms in total. The molecular formula is C13H25ClN4. The van der Waals surface area contributed by atoms with Crippen LogP contribution in [-0.4, -0.2) is 9.78 Å². The molecule has 0 spiro atoms. The van der Waals surface area contributed by atoms with Gasteiger partial charge in [0.25, 0.3) is 0 Å². The van der Waals surface area contributed by atoms with E-state index in [2.05, 4.69) is 24.4 Å². The van der Waals surface area contributed by atoms with Crippen molar-refractivity contribution in [3.63, 3.8) is 0 Å². The minimum absolute atomic E-state index is 0.100. The Labute approximate surface area is 115 Å². The number of rotatable bonds is 9. The molecule has 0 amide bonds. The van der Waals surface area contributed by atoms with Crippen molar-refractivity contribution in [2.75, 3.05) is 0 Å². The Balaban J connectivity index is 2.65. The van der Waals surface area contributed by atoms with Gasteiger partial charge in [0.2, 0.25) is 0 Å². The van der Waals surface area contributed by atoms with Crippen molar-refractivity contribution < 1.29 is 0 Å². The van der Waals surface area contributed by atoms with E-state index in [-0.39, 0.29) is 6.04 Å². The van der Waals surface area contributed by atoms with E-state index in [1.807, 2.05) is 4.68 Å². The molecular weight excluding hydrogens is 248 g/mol. The number of hydrazine groups is 1. The molecule has 0 fully saturated rings. The standard InChI is InChI=1S/C13H25ClN4/c1-3-5-6-7-8-12(17-15)13-11(14)10-16-18(13)9-4-2/h10,12,17H,3-9,15H2,1-2H3. The fourth-order valence-corrected chi connectivity index (χ4v) is 2.46. The summed E-state index contributed by atoms with van der Waals surface area (Å²) in [6.07, 6.45) is 8.69. The number of hydrogen-bond acceptors (Lipinski definition) is 3. The largest absolute Gasteiger partial charge is 0.271 e. The van der Waals surface area contributed by atoms with Crippen molar-refractivity contribution in [3.8, 4) is 0 Å².